The lowest BCUT2D eigenvalue weighted by Crippen LogP contribution is -2.36. The molecule has 0 fully saturated rings. The second-order valence-corrected chi connectivity index (χ2v) is 7.02. The van der Waals surface area contributed by atoms with Gasteiger partial charge in [0.25, 0.3) is 5.56 Å². The highest BCUT2D eigenvalue weighted by Crippen LogP contribution is 2.25. The molecule has 0 unspecified atom stereocenters. The molecule has 2 aromatic rings. The standard InChI is InChI=1S/C23H23N3O2/c1-2-3-4-10-15-25-20-14-9-8-11-17(20)16-19-21(25)24-23(28)26(22(19)27)18-12-6-5-7-13-18/h5-9,11-14,16H,2-4,10,15H2,1H3. The maximum atomic E-state index is 13.2. The van der Waals surface area contributed by atoms with Crippen molar-refractivity contribution in [3.63, 3.8) is 0 Å². The van der Waals surface area contributed by atoms with E-state index < -0.39 is 5.69 Å². The summed E-state index contributed by atoms with van der Waals surface area (Å²) in [6, 6.07) is 18.7. The summed E-state index contributed by atoms with van der Waals surface area (Å²) in [4.78, 5) is 30.3. The Morgan fingerprint density at radius 3 is 2.43 bits per heavy atom. The van der Waals surface area contributed by atoms with Crippen molar-refractivity contribution < 1.29 is 0 Å². The van der Waals surface area contributed by atoms with E-state index in [4.69, 9.17) is 0 Å². The first-order chi connectivity index (χ1) is 13.7. The number of aryl methyl sites for hydroxylation is 1. The predicted molar refractivity (Wildman–Crippen MR) is 112 cm³/mol. The molecule has 0 saturated heterocycles. The highest BCUT2D eigenvalue weighted by molar-refractivity contribution is 5.85. The van der Waals surface area contributed by atoms with E-state index in [1.54, 1.807) is 24.3 Å². The fourth-order valence-corrected chi connectivity index (χ4v) is 3.69. The number of hydrogen-bond acceptors (Lipinski definition) is 3. The molecule has 5 nitrogen and oxygen atoms in total. The van der Waals surface area contributed by atoms with Crippen LogP contribution in [0.15, 0.2) is 70.3 Å². The average Bonchev–Trinajstić information content (AvgIpc) is 2.72. The Labute approximate surface area is 163 Å². The lowest BCUT2D eigenvalue weighted by molar-refractivity contribution is 0.588. The summed E-state index contributed by atoms with van der Waals surface area (Å²) in [7, 11) is 0. The zero-order valence-electron chi connectivity index (χ0n) is 16.0. The van der Waals surface area contributed by atoms with Crippen molar-refractivity contribution in [2.45, 2.75) is 39.2 Å². The SMILES string of the molecule is CCCCCCn1c2nc(=O)n(-c3ccccc3)c(=O)c-2cc2ccccc21. The van der Waals surface area contributed by atoms with Crippen LogP contribution in [0.25, 0.3) is 28.0 Å². The molecular formula is C23H23N3O2. The number of nitrogens with zero attached hydrogens (tertiary/aromatic N) is 3. The number of pyridine rings is 1. The summed E-state index contributed by atoms with van der Waals surface area (Å²) < 4.78 is 3.18. The number of unbranched alkanes of at least 4 members (excludes halogenated alkanes) is 3. The Balaban J connectivity index is 1.96. The van der Waals surface area contributed by atoms with Gasteiger partial charge in [-0.2, -0.15) is 4.98 Å². The summed E-state index contributed by atoms with van der Waals surface area (Å²) >= 11 is 0. The minimum atomic E-state index is -0.540. The van der Waals surface area contributed by atoms with Crippen LogP contribution in [0.1, 0.15) is 32.6 Å². The van der Waals surface area contributed by atoms with E-state index in [0.29, 0.717) is 17.1 Å². The smallest absolute Gasteiger partial charge is 0.325 e. The van der Waals surface area contributed by atoms with Crippen molar-refractivity contribution in [1.29, 1.82) is 0 Å². The van der Waals surface area contributed by atoms with Gasteiger partial charge in [0.2, 0.25) is 0 Å². The molecule has 28 heavy (non-hydrogen) atoms. The van der Waals surface area contributed by atoms with Crippen LogP contribution >= 0.6 is 0 Å². The van der Waals surface area contributed by atoms with Crippen LogP contribution in [0.4, 0.5) is 0 Å². The summed E-state index contributed by atoms with van der Waals surface area (Å²) in [5, 5.41) is 0.975. The number of hydrogen-bond donors (Lipinski definition) is 0. The molecule has 2 aromatic carbocycles. The fraction of sp³-hybridized carbons (Fsp3) is 0.261. The lowest BCUT2D eigenvalue weighted by atomic mass is 10.1. The van der Waals surface area contributed by atoms with Crippen LogP contribution in [-0.2, 0) is 6.54 Å². The van der Waals surface area contributed by atoms with Crippen molar-refractivity contribution in [1.82, 2.24) is 14.1 Å². The van der Waals surface area contributed by atoms with E-state index >= 15 is 0 Å². The number of para-hydroxylation sites is 2. The molecule has 0 spiro atoms. The molecule has 142 valence electrons. The molecule has 2 heterocycles. The molecule has 2 aliphatic heterocycles. The first-order valence-corrected chi connectivity index (χ1v) is 9.81. The number of fused-ring (bicyclic) bond motifs is 2. The van der Waals surface area contributed by atoms with Gasteiger partial charge in [-0.3, -0.25) is 4.79 Å². The van der Waals surface area contributed by atoms with Gasteiger partial charge in [0.1, 0.15) is 0 Å². The number of aromatic nitrogens is 3. The van der Waals surface area contributed by atoms with Crippen LogP contribution < -0.4 is 11.2 Å². The first-order valence-electron chi connectivity index (χ1n) is 9.81. The maximum absolute atomic E-state index is 13.2. The summed E-state index contributed by atoms with van der Waals surface area (Å²) in [6.45, 7) is 2.91. The van der Waals surface area contributed by atoms with Gasteiger partial charge in [-0.25, -0.2) is 9.36 Å². The van der Waals surface area contributed by atoms with Crippen molar-refractivity contribution in [2.75, 3.05) is 0 Å². The zero-order chi connectivity index (χ0) is 19.5. The third-order valence-electron chi connectivity index (χ3n) is 5.10. The molecule has 5 heteroatoms. The third kappa shape index (κ3) is 3.24. The Morgan fingerprint density at radius 1 is 0.893 bits per heavy atom. The normalized spacial score (nSPS) is 11.3. The van der Waals surface area contributed by atoms with E-state index in [1.165, 1.54) is 6.42 Å². The Bertz CT molecular complexity index is 1190. The molecule has 0 aromatic heterocycles. The second-order valence-electron chi connectivity index (χ2n) is 7.02. The van der Waals surface area contributed by atoms with Gasteiger partial charge in [0, 0.05) is 12.1 Å². The third-order valence-corrected chi connectivity index (χ3v) is 5.10. The van der Waals surface area contributed by atoms with Crippen LogP contribution in [-0.4, -0.2) is 14.1 Å². The molecule has 0 bridgehead atoms. The van der Waals surface area contributed by atoms with Crippen molar-refractivity contribution >= 4 is 10.9 Å². The van der Waals surface area contributed by atoms with Gasteiger partial charge in [-0.05, 0) is 36.1 Å². The van der Waals surface area contributed by atoms with E-state index in [0.717, 1.165) is 41.3 Å². The van der Waals surface area contributed by atoms with Crippen LogP contribution in [0.3, 0.4) is 0 Å². The minimum Gasteiger partial charge on any atom is -0.325 e. The average molecular weight is 373 g/mol. The zero-order valence-corrected chi connectivity index (χ0v) is 16.0. The van der Waals surface area contributed by atoms with Crippen molar-refractivity contribution in [2.24, 2.45) is 0 Å². The fourth-order valence-electron chi connectivity index (χ4n) is 3.69. The Kier molecular flexibility index (Phi) is 5.06. The van der Waals surface area contributed by atoms with Gasteiger partial charge >= 0.3 is 5.69 Å². The molecule has 0 amide bonds. The topological polar surface area (TPSA) is 56.9 Å². The largest absolute Gasteiger partial charge is 0.357 e. The van der Waals surface area contributed by atoms with Gasteiger partial charge in [0.05, 0.1) is 11.3 Å². The predicted octanol–water partition coefficient (Wildman–Crippen LogP) is 4.23. The van der Waals surface area contributed by atoms with Gasteiger partial charge in [-0.1, -0.05) is 62.6 Å². The van der Waals surface area contributed by atoms with Crippen LogP contribution in [0.5, 0.6) is 0 Å². The van der Waals surface area contributed by atoms with E-state index in [1.807, 2.05) is 41.0 Å². The Hall–Kier alpha value is -3.21. The summed E-state index contributed by atoms with van der Waals surface area (Å²) in [5.41, 5.74) is 1.14. The quantitative estimate of drug-likeness (QED) is 0.375. The lowest BCUT2D eigenvalue weighted by Gasteiger charge is -2.18. The van der Waals surface area contributed by atoms with Crippen LogP contribution in [0, 0.1) is 0 Å². The van der Waals surface area contributed by atoms with E-state index in [2.05, 4.69) is 11.9 Å². The second kappa shape index (κ2) is 7.80. The van der Waals surface area contributed by atoms with Gasteiger partial charge in [0.15, 0.2) is 5.82 Å². The summed E-state index contributed by atoms with van der Waals surface area (Å²) in [6.07, 6.45) is 4.43. The first kappa shape index (κ1) is 18.2. The highest BCUT2D eigenvalue weighted by Gasteiger charge is 2.20. The molecule has 0 aliphatic carbocycles. The van der Waals surface area contributed by atoms with E-state index in [9.17, 15) is 9.59 Å². The number of benzene rings is 2. The molecule has 0 atom stereocenters. The highest BCUT2D eigenvalue weighted by atomic mass is 16.2. The van der Waals surface area contributed by atoms with Crippen LogP contribution in [0.2, 0.25) is 0 Å². The molecule has 2 aliphatic rings. The molecular weight excluding hydrogens is 350 g/mol. The maximum Gasteiger partial charge on any atom is 0.357 e. The molecule has 4 rings (SSSR count). The summed E-state index contributed by atoms with van der Waals surface area (Å²) in [5.74, 6) is 0.470. The Morgan fingerprint density at radius 2 is 1.64 bits per heavy atom. The minimum absolute atomic E-state index is 0.325. The molecule has 0 saturated carbocycles. The monoisotopic (exact) mass is 373 g/mol. The molecule has 0 N–H and O–H groups in total. The molecule has 0 radical (unpaired) electrons. The van der Waals surface area contributed by atoms with Gasteiger partial charge < -0.3 is 4.57 Å². The number of rotatable bonds is 6. The van der Waals surface area contributed by atoms with Crippen molar-refractivity contribution in [3.05, 3.63) is 81.5 Å². The van der Waals surface area contributed by atoms with Crippen molar-refractivity contribution in [3.8, 4) is 17.1 Å². The van der Waals surface area contributed by atoms with E-state index in [-0.39, 0.29) is 5.56 Å². The van der Waals surface area contributed by atoms with Gasteiger partial charge in [-0.15, -0.1) is 0 Å².